The van der Waals surface area contributed by atoms with Crippen LogP contribution >= 0.6 is 22.6 Å². The number of imidazole rings is 1. The third kappa shape index (κ3) is 3.72. The molecule has 2 rings (SSSR count). The Labute approximate surface area is 139 Å². The first-order valence-corrected chi connectivity index (χ1v) is 8.39. The Bertz CT molecular complexity index is 606. The molecule has 0 atom stereocenters. The summed E-state index contributed by atoms with van der Waals surface area (Å²) in [5.74, 6) is 2.20. The number of nitrogens with zero attached hydrogens (tertiary/aromatic N) is 4. The lowest BCUT2D eigenvalue weighted by Crippen LogP contribution is -2.09. The number of hydrogen-bond acceptors (Lipinski definition) is 4. The number of anilines is 1. The van der Waals surface area contributed by atoms with Gasteiger partial charge in [0.25, 0.3) is 0 Å². The Kier molecular flexibility index (Phi) is 5.55. The molecule has 1 N–H and O–H groups in total. The van der Waals surface area contributed by atoms with E-state index in [4.69, 9.17) is 4.98 Å². The zero-order chi connectivity index (χ0) is 15.4. The summed E-state index contributed by atoms with van der Waals surface area (Å²) in [6.07, 6.45) is 5.70. The summed E-state index contributed by atoms with van der Waals surface area (Å²) in [6.45, 7) is 7.50. The van der Waals surface area contributed by atoms with Gasteiger partial charge in [-0.15, -0.1) is 0 Å². The van der Waals surface area contributed by atoms with Gasteiger partial charge in [-0.25, -0.2) is 15.0 Å². The fourth-order valence-corrected chi connectivity index (χ4v) is 2.95. The predicted molar refractivity (Wildman–Crippen MR) is 94.3 cm³/mol. The van der Waals surface area contributed by atoms with Crippen LogP contribution in [-0.2, 0) is 13.0 Å². The lowest BCUT2D eigenvalue weighted by Gasteiger charge is -2.13. The van der Waals surface area contributed by atoms with Gasteiger partial charge in [0, 0.05) is 13.6 Å². The molecule has 6 heteroatoms. The second-order valence-corrected chi connectivity index (χ2v) is 6.56. The van der Waals surface area contributed by atoms with E-state index in [0.717, 1.165) is 46.0 Å². The van der Waals surface area contributed by atoms with E-state index in [0.29, 0.717) is 5.92 Å². The molecule has 0 spiro atoms. The van der Waals surface area contributed by atoms with E-state index < -0.39 is 0 Å². The fraction of sp³-hybridized carbons (Fsp3) is 0.533. The molecule has 0 radical (unpaired) electrons. The van der Waals surface area contributed by atoms with Gasteiger partial charge in [0.2, 0.25) is 0 Å². The lowest BCUT2D eigenvalue weighted by atomic mass is 10.1. The topological polar surface area (TPSA) is 55.6 Å². The Morgan fingerprint density at radius 2 is 2.10 bits per heavy atom. The number of halogens is 1. The monoisotopic (exact) mass is 399 g/mol. The zero-order valence-corrected chi connectivity index (χ0v) is 15.2. The molecular formula is C15H22IN5. The number of nitrogens with one attached hydrogen (secondary N) is 1. The van der Waals surface area contributed by atoms with E-state index >= 15 is 0 Å². The quantitative estimate of drug-likeness (QED) is 0.755. The summed E-state index contributed by atoms with van der Waals surface area (Å²) in [4.78, 5) is 13.7. The third-order valence-electron chi connectivity index (χ3n) is 3.16. The molecule has 0 unspecified atom stereocenters. The van der Waals surface area contributed by atoms with E-state index in [9.17, 15) is 0 Å². The van der Waals surface area contributed by atoms with Crippen molar-refractivity contribution in [2.75, 3.05) is 12.4 Å². The van der Waals surface area contributed by atoms with Gasteiger partial charge in [-0.1, -0.05) is 20.8 Å². The Morgan fingerprint density at radius 3 is 2.71 bits per heavy atom. The normalized spacial score (nSPS) is 11.1. The number of aryl methyl sites for hydroxylation is 1. The SMILES string of the molecule is CCCn1cncc1-c1nc(CC(C)C)c(I)c(NC)n1. The molecule has 0 saturated heterocycles. The Hall–Kier alpha value is -1.18. The molecule has 21 heavy (non-hydrogen) atoms. The summed E-state index contributed by atoms with van der Waals surface area (Å²) in [5.41, 5.74) is 2.08. The maximum absolute atomic E-state index is 4.79. The molecule has 0 aliphatic heterocycles. The van der Waals surface area contributed by atoms with Crippen molar-refractivity contribution in [3.8, 4) is 11.5 Å². The van der Waals surface area contributed by atoms with Crippen LogP contribution in [0.25, 0.3) is 11.5 Å². The van der Waals surface area contributed by atoms with Crippen LogP contribution < -0.4 is 5.32 Å². The van der Waals surface area contributed by atoms with Gasteiger partial charge in [0.15, 0.2) is 5.82 Å². The van der Waals surface area contributed by atoms with Crippen LogP contribution in [0.5, 0.6) is 0 Å². The summed E-state index contributed by atoms with van der Waals surface area (Å²) in [5, 5.41) is 3.17. The van der Waals surface area contributed by atoms with Crippen LogP contribution in [0.1, 0.15) is 32.9 Å². The number of hydrogen-bond donors (Lipinski definition) is 1. The molecule has 2 heterocycles. The first-order chi connectivity index (χ1) is 10.1. The average molecular weight is 399 g/mol. The van der Waals surface area contributed by atoms with Gasteiger partial charge < -0.3 is 9.88 Å². The van der Waals surface area contributed by atoms with Crippen LogP contribution in [-0.4, -0.2) is 26.6 Å². The standard InChI is InChI=1S/C15H22IN5/c1-5-6-21-9-18-8-12(21)14-19-11(7-10(2)3)13(16)15(17-4)20-14/h8-10H,5-7H2,1-4H3,(H,17,19,20). The summed E-state index contributed by atoms with van der Waals surface area (Å²) in [6, 6.07) is 0. The van der Waals surface area contributed by atoms with Crippen molar-refractivity contribution in [3.63, 3.8) is 0 Å². The highest BCUT2D eigenvalue weighted by Crippen LogP contribution is 2.25. The predicted octanol–water partition coefficient (Wildman–Crippen LogP) is 3.59. The fourth-order valence-electron chi connectivity index (χ4n) is 2.22. The molecule has 114 valence electrons. The summed E-state index contributed by atoms with van der Waals surface area (Å²) < 4.78 is 3.22. The smallest absolute Gasteiger partial charge is 0.180 e. The highest BCUT2D eigenvalue weighted by Gasteiger charge is 2.16. The molecule has 0 amide bonds. The molecule has 5 nitrogen and oxygen atoms in total. The molecule has 0 aromatic carbocycles. The second kappa shape index (κ2) is 7.20. The van der Waals surface area contributed by atoms with Crippen molar-refractivity contribution in [1.82, 2.24) is 19.5 Å². The van der Waals surface area contributed by atoms with Gasteiger partial charge in [-0.05, 0) is 41.4 Å². The van der Waals surface area contributed by atoms with E-state index in [1.54, 1.807) is 0 Å². The maximum atomic E-state index is 4.79. The first-order valence-electron chi connectivity index (χ1n) is 7.31. The van der Waals surface area contributed by atoms with Crippen LogP contribution in [0.3, 0.4) is 0 Å². The van der Waals surface area contributed by atoms with Gasteiger partial charge in [-0.2, -0.15) is 0 Å². The van der Waals surface area contributed by atoms with Crippen molar-refractivity contribution in [1.29, 1.82) is 0 Å². The van der Waals surface area contributed by atoms with E-state index in [2.05, 4.69) is 63.2 Å². The van der Waals surface area contributed by atoms with Crippen molar-refractivity contribution < 1.29 is 0 Å². The van der Waals surface area contributed by atoms with Crippen LogP contribution in [0, 0.1) is 9.49 Å². The van der Waals surface area contributed by atoms with Gasteiger partial charge in [-0.3, -0.25) is 0 Å². The maximum Gasteiger partial charge on any atom is 0.180 e. The second-order valence-electron chi connectivity index (χ2n) is 5.48. The summed E-state index contributed by atoms with van der Waals surface area (Å²) in [7, 11) is 1.90. The highest BCUT2D eigenvalue weighted by molar-refractivity contribution is 14.1. The van der Waals surface area contributed by atoms with Gasteiger partial charge >= 0.3 is 0 Å². The summed E-state index contributed by atoms with van der Waals surface area (Å²) >= 11 is 2.32. The highest BCUT2D eigenvalue weighted by atomic mass is 127. The van der Waals surface area contributed by atoms with Crippen LogP contribution in [0.4, 0.5) is 5.82 Å². The Balaban J connectivity index is 2.50. The minimum atomic E-state index is 0.562. The first kappa shape index (κ1) is 16.2. The molecule has 0 fully saturated rings. The van der Waals surface area contributed by atoms with Crippen molar-refractivity contribution in [2.45, 2.75) is 40.2 Å². The van der Waals surface area contributed by atoms with Crippen molar-refractivity contribution in [2.24, 2.45) is 5.92 Å². The Morgan fingerprint density at radius 1 is 1.33 bits per heavy atom. The molecule has 2 aromatic rings. The van der Waals surface area contributed by atoms with Crippen molar-refractivity contribution in [3.05, 3.63) is 21.8 Å². The molecule has 0 aliphatic rings. The average Bonchev–Trinajstić information content (AvgIpc) is 2.89. The third-order valence-corrected chi connectivity index (χ3v) is 4.30. The molecule has 0 aliphatic carbocycles. The van der Waals surface area contributed by atoms with Crippen LogP contribution in [0.15, 0.2) is 12.5 Å². The van der Waals surface area contributed by atoms with Crippen molar-refractivity contribution >= 4 is 28.4 Å². The van der Waals surface area contributed by atoms with E-state index in [1.807, 2.05) is 19.6 Å². The van der Waals surface area contributed by atoms with Crippen LogP contribution in [0.2, 0.25) is 0 Å². The molecule has 0 saturated carbocycles. The van der Waals surface area contributed by atoms with Gasteiger partial charge in [0.1, 0.15) is 11.5 Å². The minimum absolute atomic E-state index is 0.562. The van der Waals surface area contributed by atoms with E-state index in [-0.39, 0.29) is 0 Å². The van der Waals surface area contributed by atoms with Gasteiger partial charge in [0.05, 0.1) is 21.8 Å². The molecule has 0 bridgehead atoms. The minimum Gasteiger partial charge on any atom is -0.372 e. The number of rotatable bonds is 6. The zero-order valence-electron chi connectivity index (χ0n) is 13.0. The largest absolute Gasteiger partial charge is 0.372 e. The molecule has 2 aromatic heterocycles. The molecular weight excluding hydrogens is 377 g/mol. The lowest BCUT2D eigenvalue weighted by molar-refractivity contribution is 0.631. The number of aromatic nitrogens is 4. The van der Waals surface area contributed by atoms with E-state index in [1.165, 1.54) is 0 Å².